The van der Waals surface area contributed by atoms with Crippen LogP contribution in [0.25, 0.3) is 6.08 Å². The van der Waals surface area contributed by atoms with E-state index >= 15 is 0 Å². The minimum absolute atomic E-state index is 0.0625. The summed E-state index contributed by atoms with van der Waals surface area (Å²) < 4.78 is 33.2. The van der Waals surface area contributed by atoms with Gasteiger partial charge in [0.25, 0.3) is 10.0 Å². The number of carboxylic acids is 1. The van der Waals surface area contributed by atoms with Crippen LogP contribution in [0.5, 0.6) is 5.75 Å². The van der Waals surface area contributed by atoms with Gasteiger partial charge < -0.3 is 14.6 Å². The van der Waals surface area contributed by atoms with Crippen LogP contribution in [0.15, 0.2) is 89.8 Å². The Morgan fingerprint density at radius 3 is 2.21 bits per heavy atom. The maximum Gasteiger partial charge on any atom is 0.261 e. The standard InChI is InChI=1S/C22H19NO5S/c24-22(25)15-8-17-6-13-21(14-7-17)29(26,27)23-19-9-11-20(12-10-19)28-16-18-4-2-1-3-5-18/h1-15,23H,16H2,(H,24,25)/p-1/b15-8+. The predicted octanol–water partition coefficient (Wildman–Crippen LogP) is 2.83. The van der Waals surface area contributed by atoms with Crippen molar-refractivity contribution in [2.45, 2.75) is 11.5 Å². The average molecular weight is 408 g/mol. The molecule has 1 N–H and O–H groups in total. The number of sulfonamides is 1. The van der Waals surface area contributed by atoms with Crippen molar-refractivity contribution in [2.24, 2.45) is 0 Å². The number of anilines is 1. The summed E-state index contributed by atoms with van der Waals surface area (Å²) in [6.07, 6.45) is 2.20. The number of nitrogens with one attached hydrogen (secondary N) is 1. The summed E-state index contributed by atoms with van der Waals surface area (Å²) in [5.74, 6) is -0.694. The number of carbonyl (C=O) groups is 1. The van der Waals surface area contributed by atoms with Gasteiger partial charge in [-0.25, -0.2) is 8.42 Å². The van der Waals surface area contributed by atoms with Gasteiger partial charge in [0.15, 0.2) is 0 Å². The molecule has 29 heavy (non-hydrogen) atoms. The van der Waals surface area contributed by atoms with Crippen LogP contribution in [0.2, 0.25) is 0 Å². The molecular weight excluding hydrogens is 390 g/mol. The molecule has 0 aromatic heterocycles. The SMILES string of the molecule is O=C([O-])/C=C/c1ccc(S(=O)(=O)Nc2ccc(OCc3ccccc3)cc2)cc1. The predicted molar refractivity (Wildman–Crippen MR) is 109 cm³/mol. The Morgan fingerprint density at radius 1 is 0.931 bits per heavy atom. The van der Waals surface area contributed by atoms with Crippen molar-refractivity contribution in [1.82, 2.24) is 0 Å². The fourth-order valence-electron chi connectivity index (χ4n) is 2.50. The number of aliphatic carboxylic acids is 1. The van der Waals surface area contributed by atoms with Gasteiger partial charge in [-0.05, 0) is 53.6 Å². The molecule has 6 nitrogen and oxygen atoms in total. The first kappa shape index (κ1) is 20.2. The molecule has 0 amide bonds. The van der Waals surface area contributed by atoms with Crippen molar-refractivity contribution < 1.29 is 23.1 Å². The van der Waals surface area contributed by atoms with E-state index in [4.69, 9.17) is 4.74 Å². The van der Waals surface area contributed by atoms with Crippen LogP contribution >= 0.6 is 0 Å². The molecule has 3 aromatic carbocycles. The second-order valence-corrected chi connectivity index (χ2v) is 7.81. The van der Waals surface area contributed by atoms with Gasteiger partial charge in [-0.1, -0.05) is 48.5 Å². The fraction of sp³-hybridized carbons (Fsp3) is 0.0455. The zero-order valence-corrected chi connectivity index (χ0v) is 16.1. The Balaban J connectivity index is 1.63. The zero-order valence-electron chi connectivity index (χ0n) is 15.3. The number of carboxylic acid groups (broad SMARTS) is 1. The van der Waals surface area contributed by atoms with Crippen LogP contribution in [-0.4, -0.2) is 14.4 Å². The minimum Gasteiger partial charge on any atom is -0.545 e. The lowest BCUT2D eigenvalue weighted by molar-refractivity contribution is -0.297. The Bertz CT molecular complexity index is 1090. The normalized spacial score (nSPS) is 11.3. The van der Waals surface area contributed by atoms with E-state index in [1.807, 2.05) is 30.3 Å². The van der Waals surface area contributed by atoms with Crippen molar-refractivity contribution in [3.63, 3.8) is 0 Å². The molecule has 0 fully saturated rings. The van der Waals surface area contributed by atoms with Gasteiger partial charge in [0, 0.05) is 5.69 Å². The van der Waals surface area contributed by atoms with Gasteiger partial charge >= 0.3 is 0 Å². The lowest BCUT2D eigenvalue weighted by Crippen LogP contribution is -2.18. The van der Waals surface area contributed by atoms with Crippen LogP contribution in [0.4, 0.5) is 5.69 Å². The topological polar surface area (TPSA) is 95.5 Å². The van der Waals surface area contributed by atoms with E-state index in [0.29, 0.717) is 23.6 Å². The summed E-state index contributed by atoms with van der Waals surface area (Å²) in [5.41, 5.74) is 1.99. The molecule has 0 radical (unpaired) electrons. The van der Waals surface area contributed by atoms with Crippen LogP contribution < -0.4 is 14.6 Å². The zero-order chi connectivity index (χ0) is 20.7. The van der Waals surface area contributed by atoms with Crippen LogP contribution in [0.1, 0.15) is 11.1 Å². The number of carbonyl (C=O) groups excluding carboxylic acids is 1. The summed E-state index contributed by atoms with van der Waals surface area (Å²) in [6.45, 7) is 0.421. The first-order valence-electron chi connectivity index (χ1n) is 8.71. The van der Waals surface area contributed by atoms with E-state index in [2.05, 4.69) is 4.72 Å². The van der Waals surface area contributed by atoms with Gasteiger partial charge in [-0.3, -0.25) is 4.72 Å². The Hall–Kier alpha value is -3.58. The minimum atomic E-state index is -3.77. The second-order valence-electron chi connectivity index (χ2n) is 6.13. The Kier molecular flexibility index (Phi) is 6.31. The second kappa shape index (κ2) is 9.07. The molecule has 3 aromatic rings. The number of ether oxygens (including phenoxy) is 1. The summed E-state index contributed by atoms with van der Waals surface area (Å²) in [4.78, 5) is 10.5. The van der Waals surface area contributed by atoms with Crippen LogP contribution in [0.3, 0.4) is 0 Å². The van der Waals surface area contributed by atoms with Gasteiger partial charge in [-0.15, -0.1) is 0 Å². The third-order valence-corrected chi connectivity index (χ3v) is 5.35. The summed E-state index contributed by atoms with van der Waals surface area (Å²) in [5, 5.41) is 10.4. The van der Waals surface area contributed by atoms with Gasteiger partial charge in [-0.2, -0.15) is 0 Å². The van der Waals surface area contributed by atoms with E-state index in [1.165, 1.54) is 30.3 Å². The van der Waals surface area contributed by atoms with Crippen molar-refractivity contribution >= 4 is 27.8 Å². The Labute approximate surface area is 169 Å². The van der Waals surface area contributed by atoms with Crippen LogP contribution in [0, 0.1) is 0 Å². The number of rotatable bonds is 8. The fourth-order valence-corrected chi connectivity index (χ4v) is 3.56. The molecule has 0 atom stereocenters. The molecule has 0 saturated carbocycles. The highest BCUT2D eigenvalue weighted by Crippen LogP contribution is 2.21. The summed E-state index contributed by atoms with van der Waals surface area (Å²) in [6, 6.07) is 22.1. The van der Waals surface area contributed by atoms with Crippen molar-refractivity contribution in [3.8, 4) is 5.75 Å². The molecule has 0 spiro atoms. The van der Waals surface area contributed by atoms with Crippen LogP contribution in [-0.2, 0) is 21.4 Å². The lowest BCUT2D eigenvalue weighted by atomic mass is 10.2. The molecule has 3 rings (SSSR count). The van der Waals surface area contributed by atoms with Crippen molar-refractivity contribution in [3.05, 3.63) is 96.1 Å². The van der Waals surface area contributed by atoms with E-state index in [1.54, 1.807) is 24.3 Å². The first-order chi connectivity index (χ1) is 13.9. The third-order valence-electron chi connectivity index (χ3n) is 3.96. The number of hydrogen-bond acceptors (Lipinski definition) is 5. The van der Waals surface area contributed by atoms with Gasteiger partial charge in [0.1, 0.15) is 12.4 Å². The highest BCUT2D eigenvalue weighted by atomic mass is 32.2. The number of hydrogen-bond donors (Lipinski definition) is 1. The summed E-state index contributed by atoms with van der Waals surface area (Å²) >= 11 is 0. The van der Waals surface area contributed by atoms with Crippen molar-refractivity contribution in [2.75, 3.05) is 4.72 Å². The highest BCUT2D eigenvalue weighted by molar-refractivity contribution is 7.92. The van der Waals surface area contributed by atoms with E-state index in [-0.39, 0.29) is 4.90 Å². The molecule has 148 valence electrons. The van der Waals surface area contributed by atoms with Gasteiger partial charge in [0.05, 0.1) is 10.9 Å². The smallest absolute Gasteiger partial charge is 0.261 e. The largest absolute Gasteiger partial charge is 0.545 e. The maximum absolute atomic E-state index is 12.5. The third kappa shape index (κ3) is 5.95. The molecule has 7 heteroatoms. The average Bonchev–Trinajstić information content (AvgIpc) is 2.72. The molecular formula is C22H18NO5S-. The molecule has 0 bridgehead atoms. The molecule has 0 aliphatic rings. The lowest BCUT2D eigenvalue weighted by Gasteiger charge is -2.10. The molecule has 0 aliphatic carbocycles. The van der Waals surface area contributed by atoms with Gasteiger partial charge in [0.2, 0.25) is 0 Å². The van der Waals surface area contributed by atoms with E-state index in [9.17, 15) is 18.3 Å². The van der Waals surface area contributed by atoms with Crippen molar-refractivity contribution in [1.29, 1.82) is 0 Å². The maximum atomic E-state index is 12.5. The monoisotopic (exact) mass is 408 g/mol. The molecule has 0 saturated heterocycles. The quantitative estimate of drug-likeness (QED) is 0.578. The number of benzene rings is 3. The Morgan fingerprint density at radius 2 is 1.59 bits per heavy atom. The summed E-state index contributed by atoms with van der Waals surface area (Å²) in [7, 11) is -3.77. The molecule has 0 aliphatic heterocycles. The highest BCUT2D eigenvalue weighted by Gasteiger charge is 2.13. The first-order valence-corrected chi connectivity index (χ1v) is 10.2. The molecule has 0 heterocycles. The molecule has 0 unspecified atom stereocenters. The van der Waals surface area contributed by atoms with E-state index < -0.39 is 16.0 Å². The van der Waals surface area contributed by atoms with E-state index in [0.717, 1.165) is 11.6 Å².